The highest BCUT2D eigenvalue weighted by Gasteiger charge is 2.24. The number of carbonyl (C=O) groups is 2. The third-order valence-electron chi connectivity index (χ3n) is 5.82. The molecule has 0 fully saturated rings. The van der Waals surface area contributed by atoms with Gasteiger partial charge in [0.25, 0.3) is 5.91 Å². The molecule has 0 spiro atoms. The topological polar surface area (TPSA) is 74.0 Å². The number of aryl methyl sites for hydroxylation is 1. The highest BCUT2D eigenvalue weighted by molar-refractivity contribution is 6.11. The Morgan fingerprint density at radius 2 is 1.73 bits per heavy atom. The molecule has 1 aromatic heterocycles. The zero-order chi connectivity index (χ0) is 23.2. The molecule has 0 radical (unpaired) electrons. The Morgan fingerprint density at radius 3 is 2.45 bits per heavy atom. The maximum atomic E-state index is 13.7. The first-order valence-corrected chi connectivity index (χ1v) is 11.3. The van der Waals surface area contributed by atoms with E-state index in [-0.39, 0.29) is 11.7 Å². The van der Waals surface area contributed by atoms with Gasteiger partial charge in [-0.05, 0) is 43.5 Å². The van der Waals surface area contributed by atoms with Gasteiger partial charge in [0.1, 0.15) is 0 Å². The zero-order valence-corrected chi connectivity index (χ0v) is 19.0. The van der Waals surface area contributed by atoms with Gasteiger partial charge in [-0.3, -0.25) is 9.59 Å². The van der Waals surface area contributed by atoms with E-state index in [0.29, 0.717) is 24.2 Å². The number of aromatic nitrogens is 1. The smallest absolute Gasteiger partial charge is 0.251 e. The predicted molar refractivity (Wildman–Crippen MR) is 133 cm³/mol. The molecule has 1 heterocycles. The summed E-state index contributed by atoms with van der Waals surface area (Å²) >= 11 is 0. The second-order valence-corrected chi connectivity index (χ2v) is 8.22. The summed E-state index contributed by atoms with van der Waals surface area (Å²) in [6, 6.07) is 23.2. The van der Waals surface area contributed by atoms with Crippen LogP contribution in [-0.2, 0) is 6.42 Å². The van der Waals surface area contributed by atoms with E-state index < -0.39 is 6.04 Å². The van der Waals surface area contributed by atoms with Crippen molar-refractivity contribution in [1.82, 2.24) is 15.6 Å². The van der Waals surface area contributed by atoms with Crippen LogP contribution in [0, 0.1) is 6.92 Å². The van der Waals surface area contributed by atoms with E-state index in [9.17, 15) is 9.59 Å². The Hall–Kier alpha value is -3.70. The van der Waals surface area contributed by atoms with E-state index in [1.165, 1.54) is 11.1 Å². The molecule has 168 valence electrons. The number of nitrogens with one attached hydrogen (secondary N) is 3. The summed E-state index contributed by atoms with van der Waals surface area (Å²) in [5, 5.41) is 7.09. The minimum Gasteiger partial charge on any atom is -0.360 e. The number of hydrogen-bond acceptors (Lipinski definition) is 3. The fourth-order valence-electron chi connectivity index (χ4n) is 4.01. The normalized spacial score (nSPS) is 11.9. The van der Waals surface area contributed by atoms with Crippen LogP contribution in [0.2, 0.25) is 0 Å². The van der Waals surface area contributed by atoms with Crippen LogP contribution in [0.3, 0.4) is 0 Å². The molecule has 3 N–H and O–H groups in total. The molecule has 0 aliphatic heterocycles. The van der Waals surface area contributed by atoms with E-state index in [0.717, 1.165) is 22.9 Å². The number of Topliss-reactive ketones (excluding diaryl/α,β-unsaturated/α-hetero) is 1. The number of carbonyl (C=O) groups excluding carboxylic acids is 2. The Bertz CT molecular complexity index is 1240. The number of hydrogen-bond donors (Lipinski definition) is 3. The number of amides is 1. The Labute approximate surface area is 194 Å². The van der Waals surface area contributed by atoms with Crippen molar-refractivity contribution in [3.63, 3.8) is 0 Å². The van der Waals surface area contributed by atoms with Gasteiger partial charge < -0.3 is 15.6 Å². The van der Waals surface area contributed by atoms with Crippen molar-refractivity contribution in [3.8, 4) is 0 Å². The van der Waals surface area contributed by atoms with Crippen LogP contribution < -0.4 is 10.6 Å². The second-order valence-electron chi connectivity index (χ2n) is 8.22. The maximum Gasteiger partial charge on any atom is 0.251 e. The third-order valence-corrected chi connectivity index (χ3v) is 5.82. The lowest BCUT2D eigenvalue weighted by Crippen LogP contribution is -2.30. The Balaban J connectivity index is 1.57. The van der Waals surface area contributed by atoms with E-state index in [2.05, 4.69) is 46.8 Å². The lowest BCUT2D eigenvalue weighted by Gasteiger charge is -2.18. The molecule has 1 atom stereocenters. The molecule has 5 nitrogen and oxygen atoms in total. The van der Waals surface area contributed by atoms with E-state index >= 15 is 0 Å². The van der Waals surface area contributed by atoms with Gasteiger partial charge in [-0.15, -0.1) is 0 Å². The summed E-state index contributed by atoms with van der Waals surface area (Å²) in [6.07, 6.45) is 2.58. The molecule has 4 rings (SSSR count). The molecule has 1 amide bonds. The molecule has 0 unspecified atom stereocenters. The summed E-state index contributed by atoms with van der Waals surface area (Å²) in [4.78, 5) is 29.0. The van der Waals surface area contributed by atoms with Gasteiger partial charge in [-0.25, -0.2) is 0 Å². The quantitative estimate of drug-likeness (QED) is 0.322. The van der Waals surface area contributed by atoms with Crippen molar-refractivity contribution >= 4 is 22.6 Å². The summed E-state index contributed by atoms with van der Waals surface area (Å²) in [5.41, 5.74) is 5.36. The minimum atomic E-state index is -0.460. The number of aromatic amines is 1. The monoisotopic (exact) mass is 439 g/mol. The molecule has 0 bridgehead atoms. The van der Waals surface area contributed by atoms with Gasteiger partial charge in [0.15, 0.2) is 5.78 Å². The Morgan fingerprint density at radius 1 is 0.970 bits per heavy atom. The third kappa shape index (κ3) is 5.21. The van der Waals surface area contributed by atoms with Gasteiger partial charge >= 0.3 is 0 Å². The molecule has 0 aliphatic rings. The van der Waals surface area contributed by atoms with Crippen LogP contribution in [0.1, 0.15) is 50.4 Å². The number of H-pyrrole nitrogens is 1. The predicted octanol–water partition coefficient (Wildman–Crippen LogP) is 4.98. The van der Waals surface area contributed by atoms with Crippen LogP contribution in [-0.4, -0.2) is 29.8 Å². The number of fused-ring (bicyclic) bond motifs is 1. The largest absolute Gasteiger partial charge is 0.360 e. The van der Waals surface area contributed by atoms with Crippen LogP contribution in [0.25, 0.3) is 10.9 Å². The molecular formula is C28H29N3O2. The average Bonchev–Trinajstić information content (AvgIpc) is 3.27. The van der Waals surface area contributed by atoms with Crippen molar-refractivity contribution < 1.29 is 9.59 Å². The van der Waals surface area contributed by atoms with Crippen molar-refractivity contribution in [2.45, 2.75) is 26.3 Å². The standard InChI is InChI=1S/C28H29N3O2/c1-3-29-28(33)22-13-14-23-24(18-31-25(23)17-22)27(32)26(21-7-5-4-6-8-21)30-16-15-20-11-9-19(2)10-12-20/h4-14,17-18,26,30-31H,3,15-16H2,1-2H3,(H,29,33)/t26-/m1/s1. The van der Waals surface area contributed by atoms with Gasteiger partial charge in [0.05, 0.1) is 6.04 Å². The van der Waals surface area contributed by atoms with E-state index in [1.807, 2.05) is 43.3 Å². The maximum absolute atomic E-state index is 13.7. The highest BCUT2D eigenvalue weighted by Crippen LogP contribution is 2.26. The van der Waals surface area contributed by atoms with Crippen molar-refractivity contribution in [2.75, 3.05) is 13.1 Å². The highest BCUT2D eigenvalue weighted by atomic mass is 16.1. The van der Waals surface area contributed by atoms with Crippen LogP contribution in [0.15, 0.2) is 79.0 Å². The molecule has 4 aromatic rings. The molecule has 0 saturated carbocycles. The van der Waals surface area contributed by atoms with Gasteiger partial charge in [-0.1, -0.05) is 66.2 Å². The van der Waals surface area contributed by atoms with Gasteiger partial charge in [-0.2, -0.15) is 0 Å². The molecule has 5 heteroatoms. The second kappa shape index (κ2) is 10.3. The molecule has 3 aromatic carbocycles. The van der Waals surface area contributed by atoms with E-state index in [1.54, 1.807) is 18.3 Å². The fourth-order valence-corrected chi connectivity index (χ4v) is 4.01. The summed E-state index contributed by atoms with van der Waals surface area (Å²) in [5.74, 6) is -0.121. The number of benzene rings is 3. The van der Waals surface area contributed by atoms with E-state index in [4.69, 9.17) is 0 Å². The van der Waals surface area contributed by atoms with Crippen LogP contribution >= 0.6 is 0 Å². The van der Waals surface area contributed by atoms with Gasteiger partial charge in [0.2, 0.25) is 0 Å². The molecule has 0 saturated heterocycles. The van der Waals surface area contributed by atoms with Crippen molar-refractivity contribution in [2.24, 2.45) is 0 Å². The molecular weight excluding hydrogens is 410 g/mol. The SMILES string of the molecule is CCNC(=O)c1ccc2c(C(=O)[C@H](NCCc3ccc(C)cc3)c3ccccc3)c[nH]c2c1. The number of ketones is 1. The average molecular weight is 440 g/mol. The first-order valence-electron chi connectivity index (χ1n) is 11.3. The molecule has 33 heavy (non-hydrogen) atoms. The van der Waals surface area contributed by atoms with Crippen molar-refractivity contribution in [1.29, 1.82) is 0 Å². The summed E-state index contributed by atoms with van der Waals surface area (Å²) < 4.78 is 0. The van der Waals surface area contributed by atoms with Crippen LogP contribution in [0.5, 0.6) is 0 Å². The first kappa shape index (κ1) is 22.5. The first-order chi connectivity index (χ1) is 16.1. The lowest BCUT2D eigenvalue weighted by atomic mass is 9.96. The Kier molecular flexibility index (Phi) is 7.01. The van der Waals surface area contributed by atoms with Gasteiger partial charge in [0, 0.05) is 41.3 Å². The van der Waals surface area contributed by atoms with Crippen LogP contribution in [0.4, 0.5) is 0 Å². The lowest BCUT2D eigenvalue weighted by molar-refractivity contribution is 0.0941. The number of rotatable bonds is 9. The van der Waals surface area contributed by atoms with Crippen molar-refractivity contribution in [3.05, 3.63) is 107 Å². The summed E-state index contributed by atoms with van der Waals surface area (Å²) in [6.45, 7) is 5.21. The molecule has 0 aliphatic carbocycles. The summed E-state index contributed by atoms with van der Waals surface area (Å²) in [7, 11) is 0. The fraction of sp³-hybridized carbons (Fsp3) is 0.214. The minimum absolute atomic E-state index is 0.00196. The zero-order valence-electron chi connectivity index (χ0n) is 19.0.